The van der Waals surface area contributed by atoms with E-state index in [0.717, 1.165) is 11.1 Å². The molecule has 0 radical (unpaired) electrons. The first-order valence-corrected chi connectivity index (χ1v) is 13.4. The Labute approximate surface area is 177 Å². The Hall–Kier alpha value is -1.63. The Morgan fingerprint density at radius 2 is 1.79 bits per heavy atom. The van der Waals surface area contributed by atoms with Gasteiger partial charge >= 0.3 is 0 Å². The highest BCUT2D eigenvalue weighted by molar-refractivity contribution is 9.09. The van der Waals surface area contributed by atoms with Gasteiger partial charge in [0.05, 0.1) is 11.7 Å². The van der Waals surface area contributed by atoms with E-state index in [4.69, 9.17) is 14.9 Å². The predicted molar refractivity (Wildman–Crippen MR) is 121 cm³/mol. The van der Waals surface area contributed by atoms with E-state index in [0.29, 0.717) is 23.2 Å². The summed E-state index contributed by atoms with van der Waals surface area (Å²) >= 11 is 3.56. The second kappa shape index (κ2) is 9.24. The van der Waals surface area contributed by atoms with Crippen LogP contribution in [0.15, 0.2) is 48.5 Å². The van der Waals surface area contributed by atoms with E-state index in [1.807, 2.05) is 42.5 Å². The van der Waals surface area contributed by atoms with Gasteiger partial charge in [-0.3, -0.25) is 4.79 Å². The number of carbonyl (C=O) groups excluding carboxylic acids is 1. The van der Waals surface area contributed by atoms with Gasteiger partial charge in [-0.25, -0.2) is 0 Å². The maximum atomic E-state index is 12.0. The van der Waals surface area contributed by atoms with E-state index in [-0.39, 0.29) is 11.1 Å². The number of rotatable bonds is 8. The summed E-state index contributed by atoms with van der Waals surface area (Å²) in [4.78, 5) is 12.0. The zero-order valence-corrected chi connectivity index (χ0v) is 19.9. The Kier molecular flexibility index (Phi) is 7.48. The van der Waals surface area contributed by atoms with Gasteiger partial charge in [-0.15, -0.1) is 0 Å². The van der Waals surface area contributed by atoms with E-state index < -0.39 is 14.2 Å². The third-order valence-corrected chi connectivity index (χ3v) is 10.3. The minimum Gasteiger partial charge on any atom is -0.488 e. The van der Waals surface area contributed by atoms with Gasteiger partial charge in [0.2, 0.25) is 0 Å². The highest BCUT2D eigenvalue weighted by atomic mass is 79.9. The Morgan fingerprint density at radius 3 is 2.32 bits per heavy atom. The molecule has 0 aliphatic heterocycles. The van der Waals surface area contributed by atoms with Crippen LogP contribution in [0.25, 0.3) is 0 Å². The average molecular weight is 464 g/mol. The van der Waals surface area contributed by atoms with Crippen molar-refractivity contribution < 1.29 is 14.0 Å². The van der Waals surface area contributed by atoms with Crippen molar-refractivity contribution in [3.05, 3.63) is 65.2 Å². The molecule has 0 aliphatic carbocycles. The molecule has 0 heterocycles. The first kappa shape index (κ1) is 22.7. The largest absolute Gasteiger partial charge is 0.488 e. The SMILES string of the molecule is CC(C)(C)[Si](C)(C)OC(CBr)c1ccc(OCc2ccccc2)c(C(N)=O)c1. The summed E-state index contributed by atoms with van der Waals surface area (Å²) in [6.45, 7) is 11.4. The first-order chi connectivity index (χ1) is 13.0. The zero-order valence-electron chi connectivity index (χ0n) is 17.3. The van der Waals surface area contributed by atoms with E-state index in [1.54, 1.807) is 6.07 Å². The number of benzene rings is 2. The summed E-state index contributed by atoms with van der Waals surface area (Å²) in [5, 5.41) is 0.737. The maximum Gasteiger partial charge on any atom is 0.252 e. The molecule has 2 rings (SSSR count). The van der Waals surface area contributed by atoms with Crippen LogP contribution in [-0.2, 0) is 11.0 Å². The topological polar surface area (TPSA) is 61.6 Å². The van der Waals surface area contributed by atoms with Gasteiger partial charge in [-0.2, -0.15) is 0 Å². The lowest BCUT2D eigenvalue weighted by molar-refractivity contribution is 0.0995. The monoisotopic (exact) mass is 463 g/mol. The summed E-state index contributed by atoms with van der Waals surface area (Å²) < 4.78 is 12.4. The molecule has 0 aliphatic rings. The van der Waals surface area contributed by atoms with Crippen molar-refractivity contribution in [2.75, 3.05) is 5.33 Å². The van der Waals surface area contributed by atoms with Gasteiger partial charge in [0.1, 0.15) is 12.4 Å². The lowest BCUT2D eigenvalue weighted by Gasteiger charge is -2.39. The lowest BCUT2D eigenvalue weighted by atomic mass is 10.1. The summed E-state index contributed by atoms with van der Waals surface area (Å²) in [7, 11) is -1.97. The van der Waals surface area contributed by atoms with Crippen LogP contribution in [0.5, 0.6) is 5.75 Å². The number of hydrogen-bond acceptors (Lipinski definition) is 3. The van der Waals surface area contributed by atoms with Crippen LogP contribution in [0.1, 0.15) is 48.4 Å². The molecule has 0 saturated carbocycles. The number of ether oxygens (including phenoxy) is 1. The van der Waals surface area contributed by atoms with E-state index in [9.17, 15) is 4.79 Å². The second-order valence-electron chi connectivity index (χ2n) is 8.42. The summed E-state index contributed by atoms with van der Waals surface area (Å²) in [6.07, 6.45) is -0.151. The fraction of sp³-hybridized carbons (Fsp3) is 0.409. The predicted octanol–water partition coefficient (Wildman–Crippen LogP) is 5.82. The minimum absolute atomic E-state index is 0.0959. The van der Waals surface area contributed by atoms with Crippen molar-refractivity contribution in [3.63, 3.8) is 0 Å². The molecule has 2 N–H and O–H groups in total. The molecular formula is C22H30BrNO3Si. The number of primary amides is 1. The van der Waals surface area contributed by atoms with Crippen LogP contribution in [0, 0.1) is 0 Å². The summed E-state index contributed by atoms with van der Waals surface area (Å²) in [5.41, 5.74) is 7.95. The fourth-order valence-electron chi connectivity index (χ4n) is 2.52. The molecular weight excluding hydrogens is 434 g/mol. The molecule has 0 saturated heterocycles. The number of hydrogen-bond donors (Lipinski definition) is 1. The quantitative estimate of drug-likeness (QED) is 0.395. The van der Waals surface area contributed by atoms with Crippen molar-refractivity contribution in [2.24, 2.45) is 5.73 Å². The highest BCUT2D eigenvalue weighted by Crippen LogP contribution is 2.40. The van der Waals surface area contributed by atoms with Crippen molar-refractivity contribution in [2.45, 2.75) is 51.6 Å². The molecule has 6 heteroatoms. The number of nitrogens with two attached hydrogens (primary N) is 1. The van der Waals surface area contributed by atoms with E-state index >= 15 is 0 Å². The van der Waals surface area contributed by atoms with Crippen LogP contribution in [0.2, 0.25) is 18.1 Å². The molecule has 0 spiro atoms. The van der Waals surface area contributed by atoms with Crippen molar-refractivity contribution >= 4 is 30.2 Å². The third-order valence-electron chi connectivity index (χ3n) is 5.26. The van der Waals surface area contributed by atoms with Crippen LogP contribution < -0.4 is 10.5 Å². The van der Waals surface area contributed by atoms with Crippen LogP contribution >= 0.6 is 15.9 Å². The number of carbonyl (C=O) groups is 1. The smallest absolute Gasteiger partial charge is 0.252 e. The zero-order chi connectivity index (χ0) is 20.9. The molecule has 4 nitrogen and oxygen atoms in total. The summed E-state index contributed by atoms with van der Waals surface area (Å²) in [5.74, 6) is -0.0219. The van der Waals surface area contributed by atoms with Gasteiger partial charge in [0, 0.05) is 5.33 Å². The minimum atomic E-state index is -1.97. The molecule has 1 amide bonds. The Bertz CT molecular complexity index is 803. The first-order valence-electron chi connectivity index (χ1n) is 9.39. The van der Waals surface area contributed by atoms with Gasteiger partial charge in [0.15, 0.2) is 8.32 Å². The number of halogens is 1. The average Bonchev–Trinajstić information content (AvgIpc) is 2.64. The normalized spacial score (nSPS) is 13.2. The number of alkyl halides is 1. The van der Waals surface area contributed by atoms with Gasteiger partial charge in [-0.1, -0.05) is 73.1 Å². The summed E-state index contributed by atoms with van der Waals surface area (Å²) in [6, 6.07) is 15.4. The fourth-order valence-corrected chi connectivity index (χ4v) is 4.56. The van der Waals surface area contributed by atoms with Crippen molar-refractivity contribution in [1.82, 2.24) is 0 Å². The van der Waals surface area contributed by atoms with Crippen molar-refractivity contribution in [1.29, 1.82) is 0 Å². The molecule has 152 valence electrons. The standard InChI is InChI=1S/C22H30BrNO3Si/c1-22(2,3)28(4,5)27-20(14-23)17-11-12-19(18(13-17)21(24)25)26-15-16-9-7-6-8-10-16/h6-13,20H,14-15H2,1-5H3,(H2,24,25). The highest BCUT2D eigenvalue weighted by Gasteiger charge is 2.39. The molecule has 28 heavy (non-hydrogen) atoms. The Balaban J connectivity index is 2.26. The maximum absolute atomic E-state index is 12.0. The van der Waals surface area contributed by atoms with Crippen LogP contribution in [-0.4, -0.2) is 19.6 Å². The molecule has 2 aromatic carbocycles. The van der Waals surface area contributed by atoms with Crippen LogP contribution in [0.3, 0.4) is 0 Å². The van der Waals surface area contributed by atoms with Crippen LogP contribution in [0.4, 0.5) is 0 Å². The molecule has 1 unspecified atom stereocenters. The molecule has 0 aromatic heterocycles. The van der Waals surface area contributed by atoms with E-state index in [1.165, 1.54) is 0 Å². The molecule has 0 bridgehead atoms. The van der Waals surface area contributed by atoms with Crippen molar-refractivity contribution in [3.8, 4) is 5.75 Å². The Morgan fingerprint density at radius 1 is 1.14 bits per heavy atom. The molecule has 0 fully saturated rings. The second-order valence-corrected chi connectivity index (χ2v) is 13.8. The third kappa shape index (κ3) is 5.69. The van der Waals surface area contributed by atoms with E-state index in [2.05, 4.69) is 49.8 Å². The lowest BCUT2D eigenvalue weighted by Crippen LogP contribution is -2.42. The van der Waals surface area contributed by atoms with Gasteiger partial charge in [0.25, 0.3) is 5.91 Å². The molecule has 1 atom stereocenters. The van der Waals surface area contributed by atoms with Gasteiger partial charge < -0.3 is 14.9 Å². The van der Waals surface area contributed by atoms with Gasteiger partial charge in [-0.05, 0) is 41.4 Å². The number of amides is 1. The molecule has 2 aromatic rings.